The second-order valence-electron chi connectivity index (χ2n) is 7.59. The highest BCUT2D eigenvalue weighted by atomic mass is 16.3. The lowest BCUT2D eigenvalue weighted by molar-refractivity contribution is -0.135. The Morgan fingerprint density at radius 1 is 1.22 bits per heavy atom. The molecule has 0 amide bonds. The molecule has 0 radical (unpaired) electrons. The van der Waals surface area contributed by atoms with Gasteiger partial charge in [0.1, 0.15) is 5.78 Å². The molecule has 4 bridgehead atoms. The van der Waals surface area contributed by atoms with Crippen molar-refractivity contribution >= 4 is 5.78 Å². The smallest absolute Gasteiger partial charge is 0.137 e. The first-order valence-electron chi connectivity index (χ1n) is 7.12. The first-order valence-corrected chi connectivity index (χ1v) is 7.12. The molecular formula is C15H24O3. The van der Waals surface area contributed by atoms with Crippen molar-refractivity contribution in [2.45, 2.75) is 52.6 Å². The highest BCUT2D eigenvalue weighted by molar-refractivity contribution is 5.87. The van der Waals surface area contributed by atoms with Gasteiger partial charge in [0.25, 0.3) is 0 Å². The van der Waals surface area contributed by atoms with Crippen LogP contribution < -0.4 is 0 Å². The normalized spacial score (nSPS) is 58.9. The highest BCUT2D eigenvalue weighted by Crippen LogP contribution is 2.72. The van der Waals surface area contributed by atoms with Crippen molar-refractivity contribution in [1.82, 2.24) is 0 Å². The standard InChI is InChI=1S/C15H24O3/c1-13(8-16)5-4-6-14(2)10-9(17)7-15(14,3)12(18)11(10)13/h10-12,16,18H,4-8H2,1-3H3/t10-,11-,12+,13?,14-,15-/m1/s1. The summed E-state index contributed by atoms with van der Waals surface area (Å²) in [5, 5.41) is 20.5. The quantitative estimate of drug-likeness (QED) is 0.747. The molecule has 3 aliphatic rings. The van der Waals surface area contributed by atoms with Crippen LogP contribution in [0.25, 0.3) is 0 Å². The monoisotopic (exact) mass is 252 g/mol. The molecule has 0 aromatic carbocycles. The molecule has 0 aliphatic heterocycles. The molecule has 1 unspecified atom stereocenters. The Balaban J connectivity index is 2.17. The first-order chi connectivity index (χ1) is 8.30. The summed E-state index contributed by atoms with van der Waals surface area (Å²) in [4.78, 5) is 12.4. The van der Waals surface area contributed by atoms with Crippen LogP contribution in [-0.2, 0) is 4.79 Å². The molecule has 3 saturated carbocycles. The number of hydrogen-bond acceptors (Lipinski definition) is 3. The van der Waals surface area contributed by atoms with Gasteiger partial charge in [-0.2, -0.15) is 0 Å². The molecule has 2 N–H and O–H groups in total. The van der Waals surface area contributed by atoms with E-state index in [0.717, 1.165) is 19.3 Å². The Labute approximate surface area is 109 Å². The van der Waals surface area contributed by atoms with E-state index in [1.54, 1.807) is 0 Å². The van der Waals surface area contributed by atoms with E-state index in [-0.39, 0.29) is 34.7 Å². The molecule has 3 heteroatoms. The zero-order chi connectivity index (χ0) is 13.3. The summed E-state index contributed by atoms with van der Waals surface area (Å²) in [5.41, 5.74) is -0.646. The maximum atomic E-state index is 12.4. The summed E-state index contributed by atoms with van der Waals surface area (Å²) in [7, 11) is 0. The largest absolute Gasteiger partial charge is 0.396 e. The molecule has 0 spiro atoms. The molecule has 3 fully saturated rings. The van der Waals surface area contributed by atoms with Gasteiger partial charge in [-0.3, -0.25) is 4.79 Å². The summed E-state index contributed by atoms with van der Waals surface area (Å²) in [6.07, 6.45) is 3.05. The minimum atomic E-state index is -0.442. The van der Waals surface area contributed by atoms with Gasteiger partial charge < -0.3 is 10.2 Å². The van der Waals surface area contributed by atoms with Crippen LogP contribution in [0.5, 0.6) is 0 Å². The van der Waals surface area contributed by atoms with Gasteiger partial charge in [-0.25, -0.2) is 0 Å². The Morgan fingerprint density at radius 2 is 1.89 bits per heavy atom. The van der Waals surface area contributed by atoms with E-state index < -0.39 is 6.10 Å². The van der Waals surface area contributed by atoms with Crippen LogP contribution in [0.2, 0.25) is 0 Å². The molecule has 0 saturated heterocycles. The number of carbonyl (C=O) groups is 1. The van der Waals surface area contributed by atoms with Gasteiger partial charge in [0.15, 0.2) is 0 Å². The fourth-order valence-electron chi connectivity index (χ4n) is 5.44. The van der Waals surface area contributed by atoms with E-state index in [2.05, 4.69) is 13.8 Å². The molecule has 3 aliphatic carbocycles. The summed E-state index contributed by atoms with van der Waals surface area (Å²) < 4.78 is 0. The Morgan fingerprint density at radius 3 is 2.50 bits per heavy atom. The van der Waals surface area contributed by atoms with E-state index in [4.69, 9.17) is 0 Å². The molecule has 18 heavy (non-hydrogen) atoms. The van der Waals surface area contributed by atoms with E-state index in [1.807, 2.05) is 6.92 Å². The average Bonchev–Trinajstić information content (AvgIpc) is 2.53. The number of carbonyl (C=O) groups excluding carboxylic acids is 1. The number of aliphatic hydroxyl groups is 2. The van der Waals surface area contributed by atoms with Gasteiger partial charge in [-0.15, -0.1) is 0 Å². The van der Waals surface area contributed by atoms with Crippen LogP contribution in [0.3, 0.4) is 0 Å². The predicted octanol–water partition coefficient (Wildman–Crippen LogP) is 1.76. The van der Waals surface area contributed by atoms with E-state index in [9.17, 15) is 15.0 Å². The maximum Gasteiger partial charge on any atom is 0.137 e. The lowest BCUT2D eigenvalue weighted by Crippen LogP contribution is -2.48. The molecule has 102 valence electrons. The number of rotatable bonds is 1. The van der Waals surface area contributed by atoms with Crippen molar-refractivity contribution in [3.8, 4) is 0 Å². The SMILES string of the molecule is CC1(CO)CCC[C@]2(C)[C@@H]3C(=O)C[C@]2(C)[C@@H](O)[C@@H]31. The molecule has 0 aromatic heterocycles. The third-order valence-corrected chi connectivity index (χ3v) is 6.84. The molecule has 3 nitrogen and oxygen atoms in total. The fourth-order valence-corrected chi connectivity index (χ4v) is 5.44. The number of aliphatic hydroxyl groups excluding tert-OH is 2. The topological polar surface area (TPSA) is 57.5 Å². The third-order valence-electron chi connectivity index (χ3n) is 6.84. The van der Waals surface area contributed by atoms with Gasteiger partial charge in [0.05, 0.1) is 6.10 Å². The van der Waals surface area contributed by atoms with Gasteiger partial charge in [-0.05, 0) is 23.7 Å². The minimum absolute atomic E-state index is 0.0443. The van der Waals surface area contributed by atoms with Crippen LogP contribution >= 0.6 is 0 Å². The van der Waals surface area contributed by atoms with Crippen LogP contribution in [0, 0.1) is 28.1 Å². The zero-order valence-corrected chi connectivity index (χ0v) is 11.6. The van der Waals surface area contributed by atoms with Crippen molar-refractivity contribution in [3.05, 3.63) is 0 Å². The minimum Gasteiger partial charge on any atom is -0.396 e. The van der Waals surface area contributed by atoms with Gasteiger partial charge >= 0.3 is 0 Å². The number of Topliss-reactive ketones (excluding diaryl/α,β-unsaturated/α-hetero) is 1. The van der Waals surface area contributed by atoms with E-state index in [1.165, 1.54) is 0 Å². The van der Waals surface area contributed by atoms with Gasteiger partial charge in [-0.1, -0.05) is 27.2 Å². The Bertz CT molecular complexity index is 407. The Kier molecular flexibility index (Phi) is 2.36. The average molecular weight is 252 g/mol. The predicted molar refractivity (Wildman–Crippen MR) is 67.9 cm³/mol. The second kappa shape index (κ2) is 3.37. The molecule has 6 atom stereocenters. The summed E-state index contributed by atoms with van der Waals surface area (Å²) in [6.45, 7) is 6.39. The van der Waals surface area contributed by atoms with Crippen molar-refractivity contribution in [2.24, 2.45) is 28.1 Å². The Hall–Kier alpha value is -0.410. The van der Waals surface area contributed by atoms with Gasteiger partial charge in [0, 0.05) is 30.3 Å². The summed E-state index contributed by atoms with van der Waals surface area (Å²) in [5.74, 6) is 0.218. The molecular weight excluding hydrogens is 228 g/mol. The molecule has 0 heterocycles. The highest BCUT2D eigenvalue weighted by Gasteiger charge is 2.74. The van der Waals surface area contributed by atoms with Crippen LogP contribution in [0.4, 0.5) is 0 Å². The van der Waals surface area contributed by atoms with Crippen LogP contribution in [0.1, 0.15) is 46.5 Å². The summed E-state index contributed by atoms with van der Waals surface area (Å²) in [6, 6.07) is 0. The fraction of sp³-hybridized carbons (Fsp3) is 0.933. The van der Waals surface area contributed by atoms with E-state index in [0.29, 0.717) is 12.2 Å². The van der Waals surface area contributed by atoms with Crippen molar-refractivity contribution in [3.63, 3.8) is 0 Å². The van der Waals surface area contributed by atoms with E-state index >= 15 is 0 Å². The third kappa shape index (κ3) is 1.11. The first kappa shape index (κ1) is 12.6. The second-order valence-corrected chi connectivity index (χ2v) is 7.59. The molecule has 3 rings (SSSR count). The maximum absolute atomic E-state index is 12.4. The molecule has 0 aromatic rings. The lowest BCUT2D eigenvalue weighted by Gasteiger charge is -2.44. The van der Waals surface area contributed by atoms with Crippen LogP contribution in [0.15, 0.2) is 0 Å². The summed E-state index contributed by atoms with van der Waals surface area (Å²) >= 11 is 0. The zero-order valence-electron chi connectivity index (χ0n) is 11.6. The van der Waals surface area contributed by atoms with Crippen molar-refractivity contribution < 1.29 is 15.0 Å². The number of hydrogen-bond donors (Lipinski definition) is 2. The lowest BCUT2D eigenvalue weighted by atomic mass is 9.62. The number of ketones is 1. The van der Waals surface area contributed by atoms with Crippen LogP contribution in [-0.4, -0.2) is 28.7 Å². The van der Waals surface area contributed by atoms with Gasteiger partial charge in [0.2, 0.25) is 0 Å². The van der Waals surface area contributed by atoms with Crippen molar-refractivity contribution in [2.75, 3.05) is 6.61 Å². The van der Waals surface area contributed by atoms with Crippen molar-refractivity contribution in [1.29, 1.82) is 0 Å².